The van der Waals surface area contributed by atoms with Gasteiger partial charge in [0.05, 0.1) is 0 Å². The molecule has 0 fully saturated rings. The summed E-state index contributed by atoms with van der Waals surface area (Å²) < 4.78 is 0. The molecule has 144 valence electrons. The number of aryl methyl sites for hydroxylation is 1. The van der Waals surface area contributed by atoms with Crippen LogP contribution in [-0.2, 0) is 0 Å². The number of carbonyl (C=O) groups is 3. The Bertz CT molecular complexity index is 849. The summed E-state index contributed by atoms with van der Waals surface area (Å²) in [5, 5.41) is 0. The molecule has 3 N–H and O–H groups in total. The summed E-state index contributed by atoms with van der Waals surface area (Å²) in [4.78, 5) is 41.3. The summed E-state index contributed by atoms with van der Waals surface area (Å²) in [5.74, 6) is -1.03. The van der Waals surface area contributed by atoms with E-state index < -0.39 is 11.8 Å². The molecule has 0 aliphatic heterocycles. The van der Waals surface area contributed by atoms with Gasteiger partial charge in [0.15, 0.2) is 5.78 Å². The van der Waals surface area contributed by atoms with Gasteiger partial charge < -0.3 is 9.88 Å². The SMILES string of the molecule is CCN(CC)c1ccc(C(=O)NNC(=O)c2[nH]c(C)c(C(C)=O)c2C)cc1. The van der Waals surface area contributed by atoms with Crippen LogP contribution in [0, 0.1) is 13.8 Å². The molecule has 7 heteroatoms. The monoisotopic (exact) mass is 370 g/mol. The van der Waals surface area contributed by atoms with Gasteiger partial charge in [0.1, 0.15) is 5.69 Å². The first-order valence-corrected chi connectivity index (χ1v) is 8.95. The Hall–Kier alpha value is -3.09. The molecule has 1 heterocycles. The number of Topliss-reactive ketones (excluding diaryl/α,β-unsaturated/α-hetero) is 1. The normalized spacial score (nSPS) is 10.4. The largest absolute Gasteiger partial charge is 0.372 e. The molecule has 0 saturated carbocycles. The maximum absolute atomic E-state index is 12.3. The number of aromatic nitrogens is 1. The highest BCUT2D eigenvalue weighted by Crippen LogP contribution is 2.18. The van der Waals surface area contributed by atoms with Gasteiger partial charge in [-0.25, -0.2) is 0 Å². The van der Waals surface area contributed by atoms with E-state index in [1.807, 2.05) is 12.1 Å². The lowest BCUT2D eigenvalue weighted by Gasteiger charge is -2.21. The Morgan fingerprint density at radius 2 is 1.52 bits per heavy atom. The molecule has 2 aromatic rings. The maximum Gasteiger partial charge on any atom is 0.286 e. The van der Waals surface area contributed by atoms with Gasteiger partial charge in [0.2, 0.25) is 0 Å². The van der Waals surface area contributed by atoms with E-state index in [1.165, 1.54) is 6.92 Å². The highest BCUT2D eigenvalue weighted by molar-refractivity contribution is 6.03. The van der Waals surface area contributed by atoms with Crippen molar-refractivity contribution >= 4 is 23.3 Å². The summed E-state index contributed by atoms with van der Waals surface area (Å²) in [7, 11) is 0. The second-order valence-electron chi connectivity index (χ2n) is 6.31. The van der Waals surface area contributed by atoms with E-state index in [0.29, 0.717) is 22.4 Å². The molecule has 2 rings (SSSR count). The number of amides is 2. The quantitative estimate of drug-likeness (QED) is 0.538. The van der Waals surface area contributed by atoms with Crippen LogP contribution in [0.15, 0.2) is 24.3 Å². The summed E-state index contributed by atoms with van der Waals surface area (Å²) in [6.45, 7) is 10.8. The van der Waals surface area contributed by atoms with Crippen molar-refractivity contribution in [1.82, 2.24) is 15.8 Å². The molecule has 0 atom stereocenters. The minimum absolute atomic E-state index is 0.113. The number of carbonyl (C=O) groups excluding carboxylic acids is 3. The van der Waals surface area contributed by atoms with Crippen LogP contribution in [0.5, 0.6) is 0 Å². The molecule has 0 radical (unpaired) electrons. The lowest BCUT2D eigenvalue weighted by molar-refractivity contribution is 0.0844. The molecule has 0 bridgehead atoms. The number of hydrogen-bond donors (Lipinski definition) is 3. The minimum atomic E-state index is -0.504. The minimum Gasteiger partial charge on any atom is -0.372 e. The number of H-pyrrole nitrogens is 1. The number of aromatic amines is 1. The number of hydrazine groups is 1. The van der Waals surface area contributed by atoms with E-state index in [-0.39, 0.29) is 11.5 Å². The van der Waals surface area contributed by atoms with Gasteiger partial charge in [-0.15, -0.1) is 0 Å². The number of hydrogen-bond acceptors (Lipinski definition) is 4. The molecule has 0 aliphatic rings. The summed E-state index contributed by atoms with van der Waals surface area (Å²) in [6, 6.07) is 7.18. The standard InChI is InChI=1S/C20H26N4O3/c1-6-24(7-2)16-10-8-15(9-11-16)19(26)22-23-20(27)18-12(3)17(14(5)25)13(4)21-18/h8-11,21H,6-7H2,1-5H3,(H,22,26)(H,23,27). The third-order valence-corrected chi connectivity index (χ3v) is 4.56. The first-order valence-electron chi connectivity index (χ1n) is 8.95. The maximum atomic E-state index is 12.3. The van der Waals surface area contributed by atoms with Crippen molar-refractivity contribution in [2.24, 2.45) is 0 Å². The van der Waals surface area contributed by atoms with Crippen molar-refractivity contribution in [1.29, 1.82) is 0 Å². The van der Waals surface area contributed by atoms with Crippen LogP contribution in [0.1, 0.15) is 63.2 Å². The number of nitrogens with one attached hydrogen (secondary N) is 3. The molecule has 27 heavy (non-hydrogen) atoms. The Morgan fingerprint density at radius 1 is 0.963 bits per heavy atom. The first-order chi connectivity index (χ1) is 12.8. The predicted octanol–water partition coefficient (Wildman–Crippen LogP) is 2.76. The molecule has 0 aliphatic carbocycles. The molecule has 0 spiro atoms. The van der Waals surface area contributed by atoms with Crippen LogP contribution in [-0.4, -0.2) is 35.7 Å². The molecule has 7 nitrogen and oxygen atoms in total. The Balaban J connectivity index is 2.04. The summed E-state index contributed by atoms with van der Waals surface area (Å²) in [5.41, 5.74) is 8.22. The Labute approximate surface area is 159 Å². The number of rotatable bonds is 6. The Kier molecular flexibility index (Phi) is 6.39. The fourth-order valence-electron chi connectivity index (χ4n) is 3.17. The van der Waals surface area contributed by atoms with Crippen molar-refractivity contribution in [3.63, 3.8) is 0 Å². The zero-order valence-electron chi connectivity index (χ0n) is 16.4. The lowest BCUT2D eigenvalue weighted by atomic mass is 10.1. The van der Waals surface area contributed by atoms with Crippen LogP contribution in [0.3, 0.4) is 0 Å². The predicted molar refractivity (Wildman–Crippen MR) is 105 cm³/mol. The smallest absolute Gasteiger partial charge is 0.286 e. The van der Waals surface area contributed by atoms with E-state index in [9.17, 15) is 14.4 Å². The van der Waals surface area contributed by atoms with Crippen LogP contribution in [0.4, 0.5) is 5.69 Å². The number of anilines is 1. The average Bonchev–Trinajstić information content (AvgIpc) is 2.95. The van der Waals surface area contributed by atoms with Crippen LogP contribution >= 0.6 is 0 Å². The van der Waals surface area contributed by atoms with E-state index in [0.717, 1.165) is 18.8 Å². The number of benzene rings is 1. The fraction of sp³-hybridized carbons (Fsp3) is 0.350. The van der Waals surface area contributed by atoms with E-state index in [1.54, 1.807) is 26.0 Å². The topological polar surface area (TPSA) is 94.3 Å². The van der Waals surface area contributed by atoms with Gasteiger partial charge in [-0.2, -0.15) is 0 Å². The molecule has 2 amide bonds. The molecule has 1 aromatic heterocycles. The third-order valence-electron chi connectivity index (χ3n) is 4.56. The van der Waals surface area contributed by atoms with Gasteiger partial charge in [-0.3, -0.25) is 25.2 Å². The lowest BCUT2D eigenvalue weighted by Crippen LogP contribution is -2.42. The van der Waals surface area contributed by atoms with E-state index >= 15 is 0 Å². The van der Waals surface area contributed by atoms with Crippen molar-refractivity contribution < 1.29 is 14.4 Å². The second kappa shape index (κ2) is 8.53. The van der Waals surface area contributed by atoms with Gasteiger partial charge >= 0.3 is 0 Å². The van der Waals surface area contributed by atoms with Crippen molar-refractivity contribution in [3.05, 3.63) is 52.3 Å². The molecule has 0 unspecified atom stereocenters. The molecular formula is C20H26N4O3. The summed E-state index contributed by atoms with van der Waals surface area (Å²) in [6.07, 6.45) is 0. The van der Waals surface area contributed by atoms with E-state index in [4.69, 9.17) is 0 Å². The van der Waals surface area contributed by atoms with Crippen molar-refractivity contribution in [2.45, 2.75) is 34.6 Å². The van der Waals surface area contributed by atoms with Crippen molar-refractivity contribution in [2.75, 3.05) is 18.0 Å². The van der Waals surface area contributed by atoms with Crippen molar-refractivity contribution in [3.8, 4) is 0 Å². The first kappa shape index (κ1) is 20.2. The van der Waals surface area contributed by atoms with Gasteiger partial charge in [0.25, 0.3) is 11.8 Å². The zero-order valence-corrected chi connectivity index (χ0v) is 16.4. The number of nitrogens with zero attached hydrogens (tertiary/aromatic N) is 1. The summed E-state index contributed by atoms with van der Waals surface area (Å²) >= 11 is 0. The number of ketones is 1. The van der Waals surface area contributed by atoms with Crippen LogP contribution < -0.4 is 15.8 Å². The molecular weight excluding hydrogens is 344 g/mol. The van der Waals surface area contributed by atoms with Crippen LogP contribution in [0.2, 0.25) is 0 Å². The van der Waals surface area contributed by atoms with Gasteiger partial charge in [-0.1, -0.05) is 0 Å². The third kappa shape index (κ3) is 4.36. The average molecular weight is 370 g/mol. The molecule has 1 aromatic carbocycles. The van der Waals surface area contributed by atoms with Gasteiger partial charge in [0, 0.05) is 35.6 Å². The van der Waals surface area contributed by atoms with Gasteiger partial charge in [-0.05, 0) is 64.4 Å². The highest BCUT2D eigenvalue weighted by atomic mass is 16.2. The highest BCUT2D eigenvalue weighted by Gasteiger charge is 2.20. The Morgan fingerprint density at radius 3 is 2.00 bits per heavy atom. The second-order valence-corrected chi connectivity index (χ2v) is 6.31. The van der Waals surface area contributed by atoms with E-state index in [2.05, 4.69) is 34.6 Å². The zero-order chi connectivity index (χ0) is 20.1. The van der Waals surface area contributed by atoms with Crippen LogP contribution in [0.25, 0.3) is 0 Å². The molecule has 0 saturated heterocycles. The fourth-order valence-corrected chi connectivity index (χ4v) is 3.17.